The topological polar surface area (TPSA) is 0 Å². The average molecular weight is 597 g/mol. The molecule has 4 unspecified atom stereocenters. The molecule has 0 aromatic carbocycles. The van der Waals surface area contributed by atoms with Crippen LogP contribution in [0.15, 0.2) is 0 Å². The van der Waals surface area contributed by atoms with Crippen molar-refractivity contribution >= 4 is 143 Å². The van der Waals surface area contributed by atoms with Crippen LogP contribution in [0.3, 0.4) is 0 Å². The van der Waals surface area contributed by atoms with E-state index < -0.39 is 0 Å². The predicted molar refractivity (Wildman–Crippen MR) is 167 cm³/mol. The predicted octanol–water partition coefficient (Wildman–Crippen LogP) is 6.93. The fourth-order valence-electron chi connectivity index (χ4n) is 2.93. The maximum Gasteiger partial charge on any atom is 0.0848 e. The highest BCUT2D eigenvalue weighted by Gasteiger charge is 2.36. The molecule has 0 N–H and O–H groups in total. The minimum atomic E-state index is -0.240. The van der Waals surface area contributed by atoms with Crippen LogP contribution in [-0.2, 0) is 0 Å². The summed E-state index contributed by atoms with van der Waals surface area (Å²) in [6, 6.07) is 0. The Morgan fingerprint density at radius 2 is 1.48 bits per heavy atom. The number of hydrogen-bond acceptors (Lipinski definition) is 11. The summed E-state index contributed by atoms with van der Waals surface area (Å²) in [5.74, 6) is 5.87. The van der Waals surface area contributed by atoms with Gasteiger partial charge in [-0.3, -0.25) is 0 Å². The van der Waals surface area contributed by atoms with Crippen LogP contribution in [0.4, 0.5) is 0 Å². The number of thiocarbonyl (C=S) groups is 2. The van der Waals surface area contributed by atoms with E-state index in [1.807, 2.05) is 47.0 Å². The van der Waals surface area contributed by atoms with Crippen molar-refractivity contribution in [1.82, 2.24) is 0 Å². The van der Waals surface area contributed by atoms with Crippen LogP contribution < -0.4 is 0 Å². The van der Waals surface area contributed by atoms with Gasteiger partial charge in [-0.25, -0.2) is 0 Å². The van der Waals surface area contributed by atoms with Crippen molar-refractivity contribution in [3.8, 4) is 0 Å². The monoisotopic (exact) mass is 596 g/mol. The highest BCUT2D eigenvalue weighted by Crippen LogP contribution is 2.45. The zero-order valence-corrected chi connectivity index (χ0v) is 25.3. The lowest BCUT2D eigenvalue weighted by Gasteiger charge is -2.28. The third kappa shape index (κ3) is 12.0. The summed E-state index contributed by atoms with van der Waals surface area (Å²) in [5.41, 5.74) is 0. The molecule has 4 atom stereocenters. The molecule has 11 heteroatoms. The largest absolute Gasteiger partial charge is 0.162 e. The van der Waals surface area contributed by atoms with E-state index in [0.717, 1.165) is 63.2 Å². The molecule has 3 aliphatic heterocycles. The summed E-state index contributed by atoms with van der Waals surface area (Å²) in [4.78, 5) is 0.975. The van der Waals surface area contributed by atoms with E-state index in [2.05, 4.69) is 0 Å². The lowest BCUT2D eigenvalue weighted by molar-refractivity contribution is 0.679. The SMILES string of the molecule is S=C(CC1CS1)C(=S)SC(CSCCC(S)(S)CC1CS1)CC(S)(S)CC1CS1. The molecule has 0 aromatic heterocycles. The van der Waals surface area contributed by atoms with E-state index in [1.165, 1.54) is 17.3 Å². The maximum atomic E-state index is 5.70. The summed E-state index contributed by atoms with van der Waals surface area (Å²) in [5, 5.41) is 2.61. The van der Waals surface area contributed by atoms with E-state index >= 15 is 0 Å². The molecule has 0 bridgehead atoms. The van der Waals surface area contributed by atoms with Crippen molar-refractivity contribution in [2.45, 2.75) is 61.3 Å². The molecular weight excluding hydrogens is 569 g/mol. The van der Waals surface area contributed by atoms with Gasteiger partial charge in [-0.15, -0.1) is 11.8 Å². The Hall–Kier alpha value is 3.33. The molecule has 0 nitrogen and oxygen atoms in total. The Morgan fingerprint density at radius 1 is 0.931 bits per heavy atom. The van der Waals surface area contributed by atoms with Gasteiger partial charge >= 0.3 is 0 Å². The van der Waals surface area contributed by atoms with Gasteiger partial charge in [-0.1, -0.05) is 24.4 Å². The fraction of sp³-hybridized carbons (Fsp3) is 0.889. The molecule has 166 valence electrons. The van der Waals surface area contributed by atoms with E-state index in [4.69, 9.17) is 75.0 Å². The second-order valence-electron chi connectivity index (χ2n) is 7.92. The smallest absolute Gasteiger partial charge is 0.0848 e. The molecule has 3 fully saturated rings. The van der Waals surface area contributed by atoms with Gasteiger partial charge in [0.1, 0.15) is 0 Å². The van der Waals surface area contributed by atoms with Crippen molar-refractivity contribution < 1.29 is 0 Å². The van der Waals surface area contributed by atoms with Crippen LogP contribution in [-0.4, -0.2) is 67.0 Å². The molecule has 3 saturated heterocycles. The van der Waals surface area contributed by atoms with Crippen molar-refractivity contribution in [2.75, 3.05) is 28.8 Å². The van der Waals surface area contributed by atoms with Crippen molar-refractivity contribution in [3.63, 3.8) is 0 Å². The molecule has 0 spiro atoms. The van der Waals surface area contributed by atoms with Gasteiger partial charge in [0.05, 0.1) is 12.4 Å². The first-order chi connectivity index (χ1) is 13.6. The van der Waals surface area contributed by atoms with Gasteiger partial charge in [-0.2, -0.15) is 97.6 Å². The standard InChI is InChI=1S/C18H28S11/c19-15(3-11-8-26-11)16(20)29-14(6-18(23,24)5-13-10-28-13)7-25-2-1-17(21,22)4-12-9-27-12/h11-14,21-24H,1-10H2. The number of rotatable bonds is 15. The van der Waals surface area contributed by atoms with Crippen LogP contribution in [0.25, 0.3) is 0 Å². The first-order valence-corrected chi connectivity index (χ1v) is 17.5. The van der Waals surface area contributed by atoms with Gasteiger partial charge in [0.25, 0.3) is 0 Å². The summed E-state index contributed by atoms with van der Waals surface area (Å²) >= 11 is 40.5. The van der Waals surface area contributed by atoms with Gasteiger partial charge in [-0.05, 0) is 37.9 Å². The normalized spacial score (nSPS) is 26.8. The van der Waals surface area contributed by atoms with E-state index in [-0.39, 0.29) is 8.16 Å². The highest BCUT2D eigenvalue weighted by atomic mass is 32.2. The summed E-state index contributed by atoms with van der Waals surface area (Å²) in [7, 11) is 0. The summed E-state index contributed by atoms with van der Waals surface area (Å²) in [6.45, 7) is 0. The summed E-state index contributed by atoms with van der Waals surface area (Å²) in [6.07, 6.45) is 5.08. The number of thiol groups is 4. The molecular formula is C18H28S11. The lowest BCUT2D eigenvalue weighted by atomic mass is 10.1. The lowest BCUT2D eigenvalue weighted by Crippen LogP contribution is -2.26. The van der Waals surface area contributed by atoms with Crippen molar-refractivity contribution in [1.29, 1.82) is 0 Å². The van der Waals surface area contributed by atoms with E-state index in [0.29, 0.717) is 10.5 Å². The van der Waals surface area contributed by atoms with Crippen LogP contribution in [0, 0.1) is 0 Å². The molecule has 0 aromatic rings. The molecule has 0 aliphatic carbocycles. The van der Waals surface area contributed by atoms with Gasteiger partial charge in [0.2, 0.25) is 0 Å². The Kier molecular flexibility index (Phi) is 11.5. The van der Waals surface area contributed by atoms with E-state index in [9.17, 15) is 0 Å². The van der Waals surface area contributed by atoms with Crippen LogP contribution in [0.5, 0.6) is 0 Å². The van der Waals surface area contributed by atoms with Crippen LogP contribution in [0.2, 0.25) is 0 Å². The zero-order valence-electron chi connectivity index (χ0n) is 16.0. The first-order valence-electron chi connectivity index (χ1n) is 9.68. The molecule has 3 aliphatic rings. The molecule has 3 rings (SSSR count). The van der Waals surface area contributed by atoms with E-state index in [1.54, 1.807) is 11.8 Å². The van der Waals surface area contributed by atoms with Gasteiger partial charge in [0, 0.05) is 48.9 Å². The molecule has 3 heterocycles. The van der Waals surface area contributed by atoms with Crippen molar-refractivity contribution in [2.24, 2.45) is 0 Å². The van der Waals surface area contributed by atoms with Gasteiger partial charge < -0.3 is 0 Å². The Morgan fingerprint density at radius 3 is 2.03 bits per heavy atom. The Labute approximate surface area is 230 Å². The highest BCUT2D eigenvalue weighted by molar-refractivity contribution is 8.27. The second kappa shape index (κ2) is 12.3. The second-order valence-corrected chi connectivity index (χ2v) is 19.7. The van der Waals surface area contributed by atoms with Crippen LogP contribution >= 0.6 is 134 Å². The Bertz CT molecular complexity index is 578. The number of hydrogen-bond donors (Lipinski definition) is 4. The van der Waals surface area contributed by atoms with Crippen LogP contribution in [0.1, 0.15) is 32.1 Å². The molecule has 0 radical (unpaired) electrons. The zero-order chi connectivity index (χ0) is 21.1. The summed E-state index contributed by atoms with van der Waals surface area (Å²) < 4.78 is 0.526. The molecule has 29 heavy (non-hydrogen) atoms. The fourth-order valence-corrected chi connectivity index (χ4v) is 10.8. The maximum absolute atomic E-state index is 5.70. The minimum absolute atomic E-state index is 0.150. The average Bonchev–Trinajstić information content (AvgIpc) is 3.42. The third-order valence-electron chi connectivity index (χ3n) is 4.74. The van der Waals surface area contributed by atoms with Gasteiger partial charge in [0.15, 0.2) is 0 Å². The molecule has 0 amide bonds. The number of thioether (sulfide) groups is 5. The molecule has 0 saturated carbocycles. The Balaban J connectivity index is 1.45. The van der Waals surface area contributed by atoms with Crippen molar-refractivity contribution in [3.05, 3.63) is 0 Å². The minimum Gasteiger partial charge on any atom is -0.162 e. The first kappa shape index (κ1) is 26.9. The quantitative estimate of drug-likeness (QED) is 0.0525. The third-order valence-corrected chi connectivity index (χ3v) is 12.8.